The quantitative estimate of drug-likeness (QED) is 0.647. The van der Waals surface area contributed by atoms with Crippen LogP contribution >= 0.6 is 24.8 Å². The summed E-state index contributed by atoms with van der Waals surface area (Å²) >= 11 is 0. The number of aryl methyl sites for hydroxylation is 1. The Labute approximate surface area is 171 Å². The van der Waals surface area contributed by atoms with E-state index in [9.17, 15) is 9.59 Å². The van der Waals surface area contributed by atoms with Gasteiger partial charge in [0, 0.05) is 44.0 Å². The van der Waals surface area contributed by atoms with Crippen LogP contribution in [-0.4, -0.2) is 37.4 Å². The first-order chi connectivity index (χ1) is 12.0. The zero-order chi connectivity index (χ0) is 18.2. The number of pyridine rings is 1. The summed E-state index contributed by atoms with van der Waals surface area (Å²) in [6.45, 7) is 2.52. The number of carbonyl (C=O) groups excluding carboxylic acids is 2. The van der Waals surface area contributed by atoms with Crippen molar-refractivity contribution in [2.24, 2.45) is 0 Å². The lowest BCUT2D eigenvalue weighted by Gasteiger charge is -2.12. The lowest BCUT2D eigenvalue weighted by atomic mass is 10.2. The fourth-order valence-corrected chi connectivity index (χ4v) is 2.10. The minimum absolute atomic E-state index is 0. The zero-order valence-corrected chi connectivity index (χ0v) is 17.0. The average Bonchev–Trinajstić information content (AvgIpc) is 2.62. The highest BCUT2D eigenvalue weighted by Crippen LogP contribution is 2.28. The Morgan fingerprint density at radius 2 is 1.85 bits per heavy atom. The molecule has 0 fully saturated rings. The molecule has 2 rings (SSSR count). The highest BCUT2D eigenvalue weighted by atomic mass is 35.5. The van der Waals surface area contributed by atoms with E-state index in [4.69, 9.17) is 4.74 Å². The van der Waals surface area contributed by atoms with Crippen molar-refractivity contribution in [3.8, 4) is 11.5 Å². The van der Waals surface area contributed by atoms with E-state index in [2.05, 4.69) is 20.9 Å². The van der Waals surface area contributed by atoms with Crippen molar-refractivity contribution in [3.05, 3.63) is 47.8 Å². The Balaban J connectivity index is 0.00000338. The van der Waals surface area contributed by atoms with Crippen LogP contribution in [0.1, 0.15) is 22.5 Å². The molecule has 0 atom stereocenters. The van der Waals surface area contributed by atoms with Crippen LogP contribution < -0.4 is 20.7 Å². The average molecular weight is 415 g/mol. The van der Waals surface area contributed by atoms with E-state index in [1.807, 2.05) is 19.1 Å². The number of rotatable bonds is 7. The van der Waals surface area contributed by atoms with E-state index in [0.29, 0.717) is 30.2 Å². The van der Waals surface area contributed by atoms with Crippen molar-refractivity contribution in [3.63, 3.8) is 0 Å². The lowest BCUT2D eigenvalue weighted by Crippen LogP contribution is -2.19. The van der Waals surface area contributed by atoms with Gasteiger partial charge in [-0.15, -0.1) is 24.8 Å². The van der Waals surface area contributed by atoms with Crippen molar-refractivity contribution in [1.29, 1.82) is 0 Å². The topological polar surface area (TPSA) is 92.3 Å². The van der Waals surface area contributed by atoms with Crippen LogP contribution in [0.2, 0.25) is 0 Å². The molecule has 0 aliphatic heterocycles. The summed E-state index contributed by atoms with van der Waals surface area (Å²) in [6.07, 6.45) is 1.90. The van der Waals surface area contributed by atoms with Gasteiger partial charge in [-0.2, -0.15) is 0 Å². The van der Waals surface area contributed by atoms with Gasteiger partial charge in [0.25, 0.3) is 5.91 Å². The molecule has 3 N–H and O–H groups in total. The Hall–Kier alpha value is -2.35. The second kappa shape index (κ2) is 12.1. The van der Waals surface area contributed by atoms with Crippen LogP contribution in [0.15, 0.2) is 36.5 Å². The van der Waals surface area contributed by atoms with Crippen molar-refractivity contribution in [2.75, 3.05) is 26.0 Å². The fourth-order valence-electron chi connectivity index (χ4n) is 2.10. The summed E-state index contributed by atoms with van der Waals surface area (Å²) in [4.78, 5) is 27.5. The second-order valence-electron chi connectivity index (χ2n) is 5.44. The predicted octanol–water partition coefficient (Wildman–Crippen LogP) is 2.93. The van der Waals surface area contributed by atoms with Crippen LogP contribution in [0, 0.1) is 6.92 Å². The molecule has 9 heteroatoms. The molecule has 0 radical (unpaired) electrons. The maximum atomic E-state index is 11.8. The third-order valence-electron chi connectivity index (χ3n) is 3.49. The Morgan fingerprint density at radius 1 is 1.11 bits per heavy atom. The third kappa shape index (κ3) is 7.42. The number of ether oxygens (including phenoxy) is 1. The maximum absolute atomic E-state index is 11.8. The highest BCUT2D eigenvalue weighted by molar-refractivity contribution is 5.92. The van der Waals surface area contributed by atoms with Gasteiger partial charge in [-0.1, -0.05) is 6.07 Å². The summed E-state index contributed by atoms with van der Waals surface area (Å²) in [6, 6.07) is 8.68. The number of anilines is 1. The molecule has 1 aromatic heterocycles. The molecule has 2 aromatic rings. The molecule has 0 saturated carbocycles. The SMILES string of the molecule is CNCCC(=O)Nc1ccc(C)c(Oc2ccnc(C(=O)NC)c2)c1.Cl.Cl. The Morgan fingerprint density at radius 3 is 2.52 bits per heavy atom. The first-order valence-electron chi connectivity index (χ1n) is 7.94. The number of hydrogen-bond donors (Lipinski definition) is 3. The second-order valence-corrected chi connectivity index (χ2v) is 5.44. The normalized spacial score (nSPS) is 9.44. The first-order valence-corrected chi connectivity index (χ1v) is 7.94. The molecule has 2 amide bonds. The number of nitrogens with one attached hydrogen (secondary N) is 3. The number of benzene rings is 1. The van der Waals surface area contributed by atoms with Crippen LogP contribution in [0.5, 0.6) is 11.5 Å². The van der Waals surface area contributed by atoms with Crippen LogP contribution in [-0.2, 0) is 4.79 Å². The van der Waals surface area contributed by atoms with Gasteiger partial charge in [0.15, 0.2) is 0 Å². The molecular formula is C18H24Cl2N4O3. The van der Waals surface area contributed by atoms with E-state index >= 15 is 0 Å². The fraction of sp³-hybridized carbons (Fsp3) is 0.278. The van der Waals surface area contributed by atoms with Gasteiger partial charge in [-0.3, -0.25) is 14.6 Å². The van der Waals surface area contributed by atoms with E-state index in [0.717, 1.165) is 5.56 Å². The number of nitrogens with zero attached hydrogens (tertiary/aromatic N) is 1. The number of halogens is 2. The van der Waals surface area contributed by atoms with Gasteiger partial charge in [0.2, 0.25) is 5.91 Å². The summed E-state index contributed by atoms with van der Waals surface area (Å²) in [7, 11) is 3.34. The monoisotopic (exact) mass is 414 g/mol. The van der Waals surface area contributed by atoms with E-state index in [1.165, 1.54) is 6.20 Å². The summed E-state index contributed by atoms with van der Waals surface area (Å²) in [5, 5.41) is 8.29. The van der Waals surface area contributed by atoms with E-state index in [1.54, 1.807) is 32.3 Å². The van der Waals surface area contributed by atoms with Crippen LogP contribution in [0.25, 0.3) is 0 Å². The number of carbonyl (C=O) groups is 2. The molecule has 7 nitrogen and oxygen atoms in total. The van der Waals surface area contributed by atoms with E-state index < -0.39 is 0 Å². The molecule has 0 aliphatic rings. The minimum Gasteiger partial charge on any atom is -0.457 e. The number of aromatic nitrogens is 1. The van der Waals surface area contributed by atoms with Crippen molar-refractivity contribution >= 4 is 42.3 Å². The van der Waals surface area contributed by atoms with Crippen molar-refractivity contribution < 1.29 is 14.3 Å². The predicted molar refractivity (Wildman–Crippen MR) is 111 cm³/mol. The molecule has 0 spiro atoms. The molecule has 0 bridgehead atoms. The summed E-state index contributed by atoms with van der Waals surface area (Å²) < 4.78 is 5.86. The van der Waals surface area contributed by atoms with Gasteiger partial charge >= 0.3 is 0 Å². The van der Waals surface area contributed by atoms with E-state index in [-0.39, 0.29) is 42.3 Å². The largest absolute Gasteiger partial charge is 0.457 e. The van der Waals surface area contributed by atoms with Crippen LogP contribution in [0.4, 0.5) is 5.69 Å². The number of hydrogen-bond acceptors (Lipinski definition) is 5. The van der Waals surface area contributed by atoms with Gasteiger partial charge in [0.05, 0.1) is 0 Å². The minimum atomic E-state index is -0.285. The van der Waals surface area contributed by atoms with Crippen molar-refractivity contribution in [2.45, 2.75) is 13.3 Å². The molecule has 0 unspecified atom stereocenters. The smallest absolute Gasteiger partial charge is 0.269 e. The summed E-state index contributed by atoms with van der Waals surface area (Å²) in [5.41, 5.74) is 1.84. The maximum Gasteiger partial charge on any atom is 0.269 e. The summed E-state index contributed by atoms with van der Waals surface area (Å²) in [5.74, 6) is 0.735. The molecule has 148 valence electrons. The number of amides is 2. The Bertz CT molecular complexity index is 772. The molecule has 27 heavy (non-hydrogen) atoms. The Kier molecular flexibility index (Phi) is 11.1. The lowest BCUT2D eigenvalue weighted by molar-refractivity contribution is -0.116. The molecule has 1 aromatic carbocycles. The first kappa shape index (κ1) is 24.7. The molecular weight excluding hydrogens is 391 g/mol. The zero-order valence-electron chi connectivity index (χ0n) is 15.4. The van der Waals surface area contributed by atoms with Crippen LogP contribution in [0.3, 0.4) is 0 Å². The third-order valence-corrected chi connectivity index (χ3v) is 3.49. The standard InChI is InChI=1S/C18H22N4O3.2ClH/c1-12-4-5-13(22-17(23)7-8-19-2)10-16(12)25-14-6-9-21-15(11-14)18(24)20-3;;/h4-6,9-11,19H,7-8H2,1-3H3,(H,20,24)(H,22,23);2*1H. The molecule has 1 heterocycles. The van der Waals surface area contributed by atoms with Crippen molar-refractivity contribution in [1.82, 2.24) is 15.6 Å². The van der Waals surface area contributed by atoms with Gasteiger partial charge in [-0.05, 0) is 31.7 Å². The molecule has 0 aliphatic carbocycles. The molecule has 0 saturated heterocycles. The van der Waals surface area contributed by atoms with Gasteiger partial charge < -0.3 is 20.7 Å². The van der Waals surface area contributed by atoms with Gasteiger partial charge in [-0.25, -0.2) is 0 Å². The highest BCUT2D eigenvalue weighted by Gasteiger charge is 2.09. The van der Waals surface area contributed by atoms with Gasteiger partial charge in [0.1, 0.15) is 17.2 Å².